The highest BCUT2D eigenvalue weighted by molar-refractivity contribution is 7.16. The van der Waals surface area contributed by atoms with Gasteiger partial charge in [-0.2, -0.15) is 0 Å². The van der Waals surface area contributed by atoms with E-state index in [1.165, 1.54) is 17.5 Å². The molecule has 148 valence electrons. The molecule has 0 fully saturated rings. The lowest BCUT2D eigenvalue weighted by Crippen LogP contribution is -2.55. The summed E-state index contributed by atoms with van der Waals surface area (Å²) in [5.74, 6) is 0.405. The van der Waals surface area contributed by atoms with Gasteiger partial charge in [0.05, 0.1) is 18.0 Å². The first-order valence-electron chi connectivity index (χ1n) is 8.97. The van der Waals surface area contributed by atoms with Crippen LogP contribution >= 0.6 is 11.3 Å². The van der Waals surface area contributed by atoms with Crippen LogP contribution in [0.1, 0.15) is 57.1 Å². The van der Waals surface area contributed by atoms with Crippen molar-refractivity contribution in [3.63, 3.8) is 0 Å². The first-order chi connectivity index (χ1) is 12.7. The van der Waals surface area contributed by atoms with Crippen LogP contribution in [-0.2, 0) is 4.74 Å². The number of furan rings is 1. The van der Waals surface area contributed by atoms with Gasteiger partial charge >= 0.3 is 6.09 Å². The molecule has 2 aromatic rings. The highest BCUT2D eigenvalue weighted by atomic mass is 32.1. The van der Waals surface area contributed by atoms with Gasteiger partial charge < -0.3 is 19.8 Å². The lowest BCUT2D eigenvalue weighted by Gasteiger charge is -2.33. The molecule has 0 radical (unpaired) electrons. The van der Waals surface area contributed by atoms with Crippen LogP contribution in [0, 0.1) is 0 Å². The van der Waals surface area contributed by atoms with Gasteiger partial charge in [0, 0.05) is 6.54 Å². The Labute approximate surface area is 163 Å². The van der Waals surface area contributed by atoms with Crippen molar-refractivity contribution < 1.29 is 18.7 Å². The maximum atomic E-state index is 12.7. The Morgan fingerprint density at radius 2 is 1.96 bits per heavy atom. The SMILES string of the molecule is CCC(CC)(CNC(=O)OC(C)(C)C)NC(=O)c1cnc(-c2ccco2)s1. The van der Waals surface area contributed by atoms with Crippen molar-refractivity contribution in [2.45, 2.75) is 58.6 Å². The van der Waals surface area contributed by atoms with Crippen LogP contribution in [-0.4, -0.2) is 34.7 Å². The van der Waals surface area contributed by atoms with E-state index in [1.807, 2.05) is 34.6 Å². The number of nitrogens with zero attached hydrogens (tertiary/aromatic N) is 1. The minimum absolute atomic E-state index is 0.222. The van der Waals surface area contributed by atoms with Gasteiger partial charge in [0.2, 0.25) is 0 Å². The van der Waals surface area contributed by atoms with Crippen molar-refractivity contribution in [3.8, 4) is 10.8 Å². The Morgan fingerprint density at radius 3 is 2.52 bits per heavy atom. The van der Waals surface area contributed by atoms with Crippen LogP contribution in [0.15, 0.2) is 29.0 Å². The van der Waals surface area contributed by atoms with Gasteiger partial charge in [-0.05, 0) is 45.7 Å². The van der Waals surface area contributed by atoms with E-state index in [0.717, 1.165) is 0 Å². The number of aromatic nitrogens is 1. The summed E-state index contributed by atoms with van der Waals surface area (Å²) in [5.41, 5.74) is -1.14. The van der Waals surface area contributed by atoms with Gasteiger partial charge in [-0.1, -0.05) is 13.8 Å². The van der Waals surface area contributed by atoms with Crippen LogP contribution in [0.4, 0.5) is 4.79 Å². The van der Waals surface area contributed by atoms with E-state index >= 15 is 0 Å². The number of thiazole rings is 1. The second-order valence-corrected chi connectivity index (χ2v) is 8.33. The molecule has 2 rings (SSSR count). The molecule has 0 bridgehead atoms. The zero-order chi connectivity index (χ0) is 20.1. The predicted molar refractivity (Wildman–Crippen MR) is 105 cm³/mol. The molecule has 0 aliphatic heterocycles. The summed E-state index contributed by atoms with van der Waals surface area (Å²) in [6.45, 7) is 9.65. The number of hydrogen-bond acceptors (Lipinski definition) is 6. The van der Waals surface area contributed by atoms with Crippen molar-refractivity contribution in [2.75, 3.05) is 6.54 Å². The Balaban J connectivity index is 2.03. The maximum absolute atomic E-state index is 12.7. The summed E-state index contributed by atoms with van der Waals surface area (Å²) in [6.07, 6.45) is 3.93. The third-order valence-electron chi connectivity index (χ3n) is 4.16. The summed E-state index contributed by atoms with van der Waals surface area (Å²) < 4.78 is 10.6. The van der Waals surface area contributed by atoms with Crippen LogP contribution in [0.5, 0.6) is 0 Å². The number of carbonyl (C=O) groups is 2. The minimum Gasteiger partial charge on any atom is -0.462 e. The van der Waals surface area contributed by atoms with E-state index in [2.05, 4.69) is 15.6 Å². The summed E-state index contributed by atoms with van der Waals surface area (Å²) in [6, 6.07) is 3.58. The largest absolute Gasteiger partial charge is 0.462 e. The first kappa shape index (κ1) is 21.0. The standard InChI is InChI=1S/C19H27N3O4S/c1-6-19(7-2,12-21-17(24)26-18(3,4)5)22-15(23)14-11-20-16(27-14)13-9-8-10-25-13/h8-11H,6-7,12H2,1-5H3,(H,21,24)(H,22,23). The molecule has 0 aliphatic rings. The molecule has 7 nitrogen and oxygen atoms in total. The van der Waals surface area contributed by atoms with E-state index in [0.29, 0.717) is 28.5 Å². The molecule has 2 amide bonds. The molecule has 2 N–H and O–H groups in total. The number of rotatable bonds is 7. The predicted octanol–water partition coefficient (Wildman–Crippen LogP) is 4.22. The Bertz CT molecular complexity index is 758. The quantitative estimate of drug-likeness (QED) is 0.735. The summed E-state index contributed by atoms with van der Waals surface area (Å²) >= 11 is 1.26. The van der Waals surface area contributed by atoms with Gasteiger partial charge in [-0.3, -0.25) is 4.79 Å². The Kier molecular flexibility index (Phi) is 6.64. The molecule has 0 saturated carbocycles. The fourth-order valence-corrected chi connectivity index (χ4v) is 3.25. The van der Waals surface area contributed by atoms with Crippen molar-refractivity contribution in [2.24, 2.45) is 0 Å². The third kappa shape index (κ3) is 5.82. The summed E-state index contributed by atoms with van der Waals surface area (Å²) in [7, 11) is 0. The topological polar surface area (TPSA) is 93.5 Å². The van der Waals surface area contributed by atoms with E-state index in [9.17, 15) is 9.59 Å². The van der Waals surface area contributed by atoms with Gasteiger partial charge in [0.15, 0.2) is 10.8 Å². The fourth-order valence-electron chi connectivity index (χ4n) is 2.47. The minimum atomic E-state index is -0.570. The Morgan fingerprint density at radius 1 is 1.26 bits per heavy atom. The molecule has 0 aliphatic carbocycles. The van der Waals surface area contributed by atoms with Crippen molar-refractivity contribution in [3.05, 3.63) is 29.5 Å². The monoisotopic (exact) mass is 393 g/mol. The van der Waals surface area contributed by atoms with Gasteiger partial charge in [0.25, 0.3) is 5.91 Å². The smallest absolute Gasteiger partial charge is 0.407 e. The van der Waals surface area contributed by atoms with Gasteiger partial charge in [-0.15, -0.1) is 11.3 Å². The molecular weight excluding hydrogens is 366 g/mol. The molecule has 0 unspecified atom stereocenters. The van der Waals surface area contributed by atoms with E-state index in [-0.39, 0.29) is 12.5 Å². The number of alkyl carbamates (subject to hydrolysis) is 1. The number of amides is 2. The molecule has 0 spiro atoms. The highest BCUT2D eigenvalue weighted by Gasteiger charge is 2.30. The lowest BCUT2D eigenvalue weighted by molar-refractivity contribution is 0.0502. The van der Waals surface area contributed by atoms with Crippen LogP contribution in [0.25, 0.3) is 10.8 Å². The molecular formula is C19H27N3O4S. The number of hydrogen-bond donors (Lipinski definition) is 2. The van der Waals surface area contributed by atoms with Crippen LogP contribution in [0.2, 0.25) is 0 Å². The number of carbonyl (C=O) groups excluding carboxylic acids is 2. The normalized spacial score (nSPS) is 11.9. The molecule has 0 atom stereocenters. The van der Waals surface area contributed by atoms with Crippen LogP contribution < -0.4 is 10.6 Å². The van der Waals surface area contributed by atoms with Crippen molar-refractivity contribution in [1.82, 2.24) is 15.6 Å². The average Bonchev–Trinajstić information content (AvgIpc) is 3.28. The van der Waals surface area contributed by atoms with E-state index in [4.69, 9.17) is 9.15 Å². The van der Waals surface area contributed by atoms with Crippen molar-refractivity contribution in [1.29, 1.82) is 0 Å². The van der Waals surface area contributed by atoms with Crippen LogP contribution in [0.3, 0.4) is 0 Å². The highest BCUT2D eigenvalue weighted by Crippen LogP contribution is 2.26. The molecule has 8 heteroatoms. The number of nitrogens with one attached hydrogen (secondary N) is 2. The van der Waals surface area contributed by atoms with E-state index < -0.39 is 17.2 Å². The molecule has 2 heterocycles. The number of ether oxygens (including phenoxy) is 1. The second-order valence-electron chi connectivity index (χ2n) is 7.30. The third-order valence-corrected chi connectivity index (χ3v) is 5.17. The fraction of sp³-hybridized carbons (Fsp3) is 0.526. The van der Waals surface area contributed by atoms with Gasteiger partial charge in [-0.25, -0.2) is 9.78 Å². The Hall–Kier alpha value is -2.35. The molecule has 0 aromatic carbocycles. The zero-order valence-electron chi connectivity index (χ0n) is 16.4. The zero-order valence-corrected chi connectivity index (χ0v) is 17.2. The first-order valence-corrected chi connectivity index (χ1v) is 9.79. The van der Waals surface area contributed by atoms with E-state index in [1.54, 1.807) is 18.4 Å². The molecule has 2 aromatic heterocycles. The second kappa shape index (κ2) is 8.56. The van der Waals surface area contributed by atoms with Crippen molar-refractivity contribution >= 4 is 23.3 Å². The lowest BCUT2D eigenvalue weighted by atomic mass is 9.92. The summed E-state index contributed by atoms with van der Waals surface area (Å²) in [5, 5.41) is 6.47. The average molecular weight is 394 g/mol. The molecule has 0 saturated heterocycles. The van der Waals surface area contributed by atoms with Gasteiger partial charge in [0.1, 0.15) is 10.5 Å². The summed E-state index contributed by atoms with van der Waals surface area (Å²) in [4.78, 5) is 29.4. The molecule has 27 heavy (non-hydrogen) atoms. The maximum Gasteiger partial charge on any atom is 0.407 e.